The zero-order valence-electron chi connectivity index (χ0n) is 13.2. The van der Waals surface area contributed by atoms with Crippen molar-refractivity contribution >= 4 is 40.7 Å². The zero-order chi connectivity index (χ0) is 18.7. The maximum absolute atomic E-state index is 12.1. The zero-order valence-corrected chi connectivity index (χ0v) is 14.7. The lowest BCUT2D eigenvalue weighted by molar-refractivity contribution is -0.384. The van der Waals surface area contributed by atoms with E-state index in [0.717, 1.165) is 0 Å². The quantitative estimate of drug-likeness (QED) is 0.231. The maximum Gasteiger partial charge on any atom is 0.269 e. The summed E-state index contributed by atoms with van der Waals surface area (Å²) < 4.78 is 5.67. The second-order valence-electron chi connectivity index (χ2n) is 5.33. The molecule has 0 saturated heterocycles. The number of non-ortho nitro benzene ring substituents is 1. The van der Waals surface area contributed by atoms with E-state index in [1.54, 1.807) is 30.3 Å². The Morgan fingerprint density at radius 3 is 2.46 bits per heavy atom. The molecule has 0 unspecified atom stereocenters. The molecule has 5 nitrogen and oxygen atoms in total. The first-order valence-electron chi connectivity index (χ1n) is 7.46. The molecular formula is C19H11Cl2NO4. The fraction of sp³-hybridized carbons (Fsp3) is 0. The standard InChI is InChI=1S/C19H11Cl2NO4/c20-13-3-8-17(21)16(11-13)19-10-7-15(26-19)6-9-18(23)12-1-4-14(5-2-12)22(24)25/h1-11H. The largest absolute Gasteiger partial charge is 0.457 e. The van der Waals surface area contributed by atoms with Crippen LogP contribution in [-0.2, 0) is 0 Å². The second kappa shape index (κ2) is 7.56. The van der Waals surface area contributed by atoms with E-state index in [2.05, 4.69) is 0 Å². The van der Waals surface area contributed by atoms with Crippen molar-refractivity contribution in [1.82, 2.24) is 0 Å². The van der Waals surface area contributed by atoms with E-state index in [1.807, 2.05) is 0 Å². The second-order valence-corrected chi connectivity index (χ2v) is 6.17. The molecular weight excluding hydrogens is 377 g/mol. The third-order valence-electron chi connectivity index (χ3n) is 3.58. The number of ketones is 1. The van der Waals surface area contributed by atoms with Gasteiger partial charge in [0.25, 0.3) is 5.69 Å². The van der Waals surface area contributed by atoms with E-state index in [0.29, 0.717) is 32.7 Å². The van der Waals surface area contributed by atoms with Crippen molar-refractivity contribution in [3.8, 4) is 11.3 Å². The summed E-state index contributed by atoms with van der Waals surface area (Å²) in [7, 11) is 0. The Morgan fingerprint density at radius 1 is 1.04 bits per heavy atom. The summed E-state index contributed by atoms with van der Waals surface area (Å²) in [5, 5.41) is 11.7. The minimum atomic E-state index is -0.518. The molecule has 0 spiro atoms. The van der Waals surface area contributed by atoms with Gasteiger partial charge >= 0.3 is 0 Å². The lowest BCUT2D eigenvalue weighted by Gasteiger charge is -2.01. The molecule has 130 valence electrons. The Bertz CT molecular complexity index is 1010. The van der Waals surface area contributed by atoms with Gasteiger partial charge in [0.2, 0.25) is 0 Å². The van der Waals surface area contributed by atoms with Crippen LogP contribution in [0.2, 0.25) is 10.0 Å². The molecule has 2 aromatic carbocycles. The Labute approximate surface area is 158 Å². The highest BCUT2D eigenvalue weighted by Gasteiger charge is 2.10. The van der Waals surface area contributed by atoms with E-state index < -0.39 is 4.92 Å². The van der Waals surface area contributed by atoms with E-state index >= 15 is 0 Å². The van der Waals surface area contributed by atoms with E-state index in [-0.39, 0.29) is 11.5 Å². The molecule has 0 radical (unpaired) electrons. The summed E-state index contributed by atoms with van der Waals surface area (Å²) in [5.74, 6) is 0.699. The molecule has 0 amide bonds. The number of rotatable bonds is 5. The van der Waals surface area contributed by atoms with Crippen molar-refractivity contribution in [2.24, 2.45) is 0 Å². The predicted molar refractivity (Wildman–Crippen MR) is 101 cm³/mol. The Morgan fingerprint density at radius 2 is 1.77 bits per heavy atom. The highest BCUT2D eigenvalue weighted by atomic mass is 35.5. The number of nitro groups is 1. The Kier molecular flexibility index (Phi) is 5.21. The molecule has 0 aliphatic heterocycles. The van der Waals surface area contributed by atoms with Crippen LogP contribution in [0.1, 0.15) is 16.1 Å². The molecule has 3 rings (SSSR count). The number of carbonyl (C=O) groups excluding carboxylic acids is 1. The monoisotopic (exact) mass is 387 g/mol. The molecule has 0 aliphatic carbocycles. The summed E-state index contributed by atoms with van der Waals surface area (Å²) in [4.78, 5) is 22.3. The fourth-order valence-corrected chi connectivity index (χ4v) is 2.66. The van der Waals surface area contributed by atoms with Crippen LogP contribution in [0.4, 0.5) is 5.69 Å². The van der Waals surface area contributed by atoms with Crippen molar-refractivity contribution in [2.45, 2.75) is 0 Å². The molecule has 1 heterocycles. The number of allylic oxidation sites excluding steroid dienone is 1. The number of halogens is 2. The van der Waals surface area contributed by atoms with Crippen molar-refractivity contribution in [3.63, 3.8) is 0 Å². The van der Waals surface area contributed by atoms with Gasteiger partial charge < -0.3 is 4.42 Å². The average molecular weight is 388 g/mol. The van der Waals surface area contributed by atoms with Gasteiger partial charge in [-0.1, -0.05) is 23.2 Å². The van der Waals surface area contributed by atoms with Crippen molar-refractivity contribution in [3.05, 3.63) is 92.2 Å². The Hall–Kier alpha value is -2.89. The molecule has 3 aromatic rings. The minimum Gasteiger partial charge on any atom is -0.457 e. The summed E-state index contributed by atoms with van der Waals surface area (Å²) in [5.41, 5.74) is 0.927. The summed E-state index contributed by atoms with van der Waals surface area (Å²) >= 11 is 12.1. The summed E-state index contributed by atoms with van der Waals surface area (Å²) in [6, 6.07) is 13.9. The average Bonchev–Trinajstić information content (AvgIpc) is 3.10. The van der Waals surface area contributed by atoms with Gasteiger partial charge in [0.05, 0.1) is 9.95 Å². The first kappa shape index (κ1) is 17.9. The lowest BCUT2D eigenvalue weighted by Crippen LogP contribution is -1.95. The predicted octanol–water partition coefficient (Wildman–Crippen LogP) is 6.06. The SMILES string of the molecule is O=C(C=Cc1ccc(-c2cc(Cl)ccc2Cl)o1)c1ccc([N+](=O)[O-])cc1. The van der Waals surface area contributed by atoms with Crippen LogP contribution in [0.25, 0.3) is 17.4 Å². The number of carbonyl (C=O) groups is 1. The van der Waals surface area contributed by atoms with Crippen LogP contribution in [-0.4, -0.2) is 10.7 Å². The first-order valence-corrected chi connectivity index (χ1v) is 8.22. The third-order valence-corrected chi connectivity index (χ3v) is 4.15. The molecule has 1 aromatic heterocycles. The topological polar surface area (TPSA) is 73.3 Å². The molecule has 0 N–H and O–H groups in total. The van der Waals surface area contributed by atoms with Gasteiger partial charge in [-0.15, -0.1) is 0 Å². The molecule has 0 fully saturated rings. The number of furan rings is 1. The van der Waals surface area contributed by atoms with Crippen molar-refractivity contribution in [1.29, 1.82) is 0 Å². The normalized spacial score (nSPS) is 11.0. The maximum atomic E-state index is 12.1. The number of nitrogens with zero attached hydrogens (tertiary/aromatic N) is 1. The third kappa shape index (κ3) is 4.02. The molecule has 0 aliphatic rings. The van der Waals surface area contributed by atoms with Crippen LogP contribution in [0.15, 0.2) is 65.1 Å². The van der Waals surface area contributed by atoms with E-state index in [1.165, 1.54) is 36.4 Å². The van der Waals surface area contributed by atoms with Crippen LogP contribution >= 0.6 is 23.2 Å². The van der Waals surface area contributed by atoms with Gasteiger partial charge in [-0.25, -0.2) is 0 Å². The fourth-order valence-electron chi connectivity index (χ4n) is 2.27. The Balaban J connectivity index is 1.77. The van der Waals surface area contributed by atoms with Gasteiger partial charge in [-0.05, 0) is 54.6 Å². The van der Waals surface area contributed by atoms with Crippen molar-refractivity contribution in [2.75, 3.05) is 0 Å². The number of hydrogen-bond donors (Lipinski definition) is 0. The van der Waals surface area contributed by atoms with Crippen LogP contribution in [0, 0.1) is 10.1 Å². The molecule has 0 bridgehead atoms. The molecule has 0 saturated carbocycles. The number of nitro benzene ring substituents is 1. The van der Waals surface area contributed by atoms with Crippen LogP contribution in [0.3, 0.4) is 0 Å². The van der Waals surface area contributed by atoms with E-state index in [9.17, 15) is 14.9 Å². The first-order chi connectivity index (χ1) is 12.4. The summed E-state index contributed by atoms with van der Waals surface area (Å²) in [6.45, 7) is 0. The van der Waals surface area contributed by atoms with Crippen LogP contribution in [0.5, 0.6) is 0 Å². The lowest BCUT2D eigenvalue weighted by atomic mass is 10.1. The number of benzene rings is 2. The highest BCUT2D eigenvalue weighted by molar-refractivity contribution is 6.35. The van der Waals surface area contributed by atoms with Gasteiger partial charge in [0, 0.05) is 28.3 Å². The molecule has 26 heavy (non-hydrogen) atoms. The van der Waals surface area contributed by atoms with Crippen molar-refractivity contribution < 1.29 is 14.1 Å². The molecule has 7 heteroatoms. The number of hydrogen-bond acceptors (Lipinski definition) is 4. The molecule has 0 atom stereocenters. The van der Waals surface area contributed by atoms with Gasteiger partial charge in [0.1, 0.15) is 11.5 Å². The van der Waals surface area contributed by atoms with Gasteiger partial charge in [-0.2, -0.15) is 0 Å². The smallest absolute Gasteiger partial charge is 0.269 e. The van der Waals surface area contributed by atoms with E-state index in [4.69, 9.17) is 27.6 Å². The van der Waals surface area contributed by atoms with Gasteiger partial charge in [0.15, 0.2) is 5.78 Å². The minimum absolute atomic E-state index is 0.0698. The van der Waals surface area contributed by atoms with Gasteiger partial charge in [-0.3, -0.25) is 14.9 Å². The summed E-state index contributed by atoms with van der Waals surface area (Å²) in [6.07, 6.45) is 2.86. The highest BCUT2D eigenvalue weighted by Crippen LogP contribution is 2.32. The van der Waals surface area contributed by atoms with Crippen LogP contribution < -0.4 is 0 Å².